The summed E-state index contributed by atoms with van der Waals surface area (Å²) in [6.07, 6.45) is 2.92. The Labute approximate surface area is 126 Å². The fourth-order valence-electron chi connectivity index (χ4n) is 3.34. The molecule has 5 nitrogen and oxygen atoms in total. The molecule has 2 heterocycles. The van der Waals surface area contributed by atoms with Crippen molar-refractivity contribution in [2.24, 2.45) is 5.92 Å². The lowest BCUT2D eigenvalue weighted by Gasteiger charge is -2.33. The molecular weight excluding hydrogens is 264 g/mol. The highest BCUT2D eigenvalue weighted by molar-refractivity contribution is 6.00. The van der Waals surface area contributed by atoms with E-state index in [1.165, 1.54) is 25.9 Å². The summed E-state index contributed by atoms with van der Waals surface area (Å²) in [4.78, 5) is 16.1. The molecule has 1 amide bonds. The molecule has 5 heteroatoms. The first-order valence-electron chi connectivity index (χ1n) is 7.65. The van der Waals surface area contributed by atoms with Gasteiger partial charge in [-0.1, -0.05) is 0 Å². The summed E-state index contributed by atoms with van der Waals surface area (Å²) in [5.41, 5.74) is 9.89. The average Bonchev–Trinajstić information content (AvgIpc) is 2.79. The predicted molar refractivity (Wildman–Crippen MR) is 86.7 cm³/mol. The molecule has 1 saturated heterocycles. The van der Waals surface area contributed by atoms with Crippen molar-refractivity contribution in [3.05, 3.63) is 17.7 Å². The van der Waals surface area contributed by atoms with Crippen molar-refractivity contribution in [1.82, 2.24) is 4.90 Å². The maximum absolute atomic E-state index is 11.5. The zero-order valence-electron chi connectivity index (χ0n) is 12.9. The lowest BCUT2D eigenvalue weighted by atomic mass is 9.96. The highest BCUT2D eigenvalue weighted by atomic mass is 16.1. The van der Waals surface area contributed by atoms with E-state index >= 15 is 0 Å². The third-order valence-electron chi connectivity index (χ3n) is 4.66. The third kappa shape index (κ3) is 2.97. The number of rotatable bonds is 3. The Bertz CT molecular complexity index is 549. The molecule has 0 spiro atoms. The molecule has 1 aromatic rings. The van der Waals surface area contributed by atoms with Crippen LogP contribution in [-0.4, -0.2) is 44.5 Å². The smallest absolute Gasteiger partial charge is 0.228 e. The molecule has 1 fully saturated rings. The van der Waals surface area contributed by atoms with E-state index in [2.05, 4.69) is 29.2 Å². The molecule has 0 radical (unpaired) electrons. The Balaban J connectivity index is 1.71. The first-order valence-corrected chi connectivity index (χ1v) is 7.65. The molecule has 0 aromatic heterocycles. The molecule has 0 atom stereocenters. The predicted octanol–water partition coefficient (Wildman–Crippen LogP) is 1.54. The molecule has 21 heavy (non-hydrogen) atoms. The standard InChI is InChI=1S/C16H24N4O/c1-19-5-3-11(4-6-19)10-20(2)15-9-14-12(7-13(15)17)8-16(21)18-14/h7,9,11H,3-6,8,10,17H2,1-2H3,(H,18,21). The van der Waals surface area contributed by atoms with E-state index < -0.39 is 0 Å². The van der Waals surface area contributed by atoms with Crippen LogP contribution in [0.5, 0.6) is 0 Å². The molecule has 0 unspecified atom stereocenters. The minimum absolute atomic E-state index is 0.0551. The van der Waals surface area contributed by atoms with Gasteiger partial charge in [0, 0.05) is 19.3 Å². The molecule has 3 rings (SSSR count). The Morgan fingerprint density at radius 3 is 2.81 bits per heavy atom. The van der Waals surface area contributed by atoms with Crippen LogP contribution in [-0.2, 0) is 11.2 Å². The number of nitrogens with zero attached hydrogens (tertiary/aromatic N) is 2. The van der Waals surface area contributed by atoms with Crippen LogP contribution in [0.3, 0.4) is 0 Å². The zero-order chi connectivity index (χ0) is 15.0. The van der Waals surface area contributed by atoms with Crippen LogP contribution in [0.25, 0.3) is 0 Å². The van der Waals surface area contributed by atoms with Crippen LogP contribution in [0, 0.1) is 5.92 Å². The van der Waals surface area contributed by atoms with Gasteiger partial charge in [-0.2, -0.15) is 0 Å². The van der Waals surface area contributed by atoms with Crippen LogP contribution in [0.4, 0.5) is 17.1 Å². The number of likely N-dealkylation sites (tertiary alicyclic amines) is 1. The summed E-state index contributed by atoms with van der Waals surface area (Å²) in [7, 11) is 4.27. The van der Waals surface area contributed by atoms with E-state index in [-0.39, 0.29) is 5.91 Å². The Morgan fingerprint density at radius 1 is 1.38 bits per heavy atom. The van der Waals surface area contributed by atoms with Gasteiger partial charge in [0.25, 0.3) is 0 Å². The maximum atomic E-state index is 11.5. The summed E-state index contributed by atoms with van der Waals surface area (Å²) in [5, 5.41) is 2.90. The van der Waals surface area contributed by atoms with Crippen molar-refractivity contribution in [3.8, 4) is 0 Å². The lowest BCUT2D eigenvalue weighted by molar-refractivity contribution is -0.115. The number of benzene rings is 1. The molecular formula is C16H24N4O. The number of fused-ring (bicyclic) bond motifs is 1. The largest absolute Gasteiger partial charge is 0.397 e. The van der Waals surface area contributed by atoms with E-state index in [1.807, 2.05) is 12.1 Å². The highest BCUT2D eigenvalue weighted by Gasteiger charge is 2.22. The number of anilines is 3. The summed E-state index contributed by atoms with van der Waals surface area (Å²) in [6, 6.07) is 3.96. The van der Waals surface area contributed by atoms with Gasteiger partial charge in [0.15, 0.2) is 0 Å². The molecule has 0 bridgehead atoms. The van der Waals surface area contributed by atoms with Crippen molar-refractivity contribution in [2.75, 3.05) is 49.7 Å². The summed E-state index contributed by atoms with van der Waals surface area (Å²) >= 11 is 0. The normalized spacial score (nSPS) is 19.4. The number of nitrogens with one attached hydrogen (secondary N) is 1. The monoisotopic (exact) mass is 288 g/mol. The number of hydrogen-bond acceptors (Lipinski definition) is 4. The van der Waals surface area contributed by atoms with Gasteiger partial charge >= 0.3 is 0 Å². The number of carbonyl (C=O) groups is 1. The van der Waals surface area contributed by atoms with E-state index in [1.54, 1.807) is 0 Å². The molecule has 114 valence electrons. The van der Waals surface area contributed by atoms with Gasteiger partial charge in [-0.15, -0.1) is 0 Å². The number of carbonyl (C=O) groups excluding carboxylic acids is 1. The van der Waals surface area contributed by atoms with Gasteiger partial charge in [0.05, 0.1) is 17.8 Å². The SMILES string of the molecule is CN1CCC(CN(C)c2cc3c(cc2N)CC(=O)N3)CC1. The Morgan fingerprint density at radius 2 is 2.10 bits per heavy atom. The summed E-state index contributed by atoms with van der Waals surface area (Å²) in [6.45, 7) is 3.37. The van der Waals surface area contributed by atoms with E-state index in [4.69, 9.17) is 5.73 Å². The van der Waals surface area contributed by atoms with E-state index in [9.17, 15) is 4.79 Å². The molecule has 3 N–H and O–H groups in total. The van der Waals surface area contributed by atoms with Gasteiger partial charge in [-0.25, -0.2) is 0 Å². The molecule has 2 aliphatic rings. The van der Waals surface area contributed by atoms with Gasteiger partial charge in [-0.3, -0.25) is 4.79 Å². The molecule has 2 aliphatic heterocycles. The number of piperidine rings is 1. The van der Waals surface area contributed by atoms with Crippen molar-refractivity contribution >= 4 is 23.0 Å². The summed E-state index contributed by atoms with van der Waals surface area (Å²) in [5.74, 6) is 0.771. The minimum atomic E-state index is 0.0551. The minimum Gasteiger partial charge on any atom is -0.397 e. The average molecular weight is 288 g/mol. The van der Waals surface area contributed by atoms with Crippen molar-refractivity contribution in [1.29, 1.82) is 0 Å². The number of hydrogen-bond donors (Lipinski definition) is 2. The van der Waals surface area contributed by atoms with Crippen LogP contribution < -0.4 is 16.0 Å². The first-order chi connectivity index (χ1) is 10.0. The van der Waals surface area contributed by atoms with Crippen LogP contribution in [0.1, 0.15) is 18.4 Å². The molecule has 0 saturated carbocycles. The number of nitrogen functional groups attached to an aromatic ring is 1. The third-order valence-corrected chi connectivity index (χ3v) is 4.66. The quantitative estimate of drug-likeness (QED) is 0.828. The molecule has 1 aromatic carbocycles. The summed E-state index contributed by atoms with van der Waals surface area (Å²) < 4.78 is 0. The van der Waals surface area contributed by atoms with Crippen LogP contribution in [0.2, 0.25) is 0 Å². The van der Waals surface area contributed by atoms with Crippen molar-refractivity contribution in [2.45, 2.75) is 19.3 Å². The van der Waals surface area contributed by atoms with Crippen molar-refractivity contribution < 1.29 is 4.79 Å². The Kier molecular flexibility index (Phi) is 3.76. The topological polar surface area (TPSA) is 61.6 Å². The van der Waals surface area contributed by atoms with Crippen LogP contribution in [0.15, 0.2) is 12.1 Å². The van der Waals surface area contributed by atoms with Crippen molar-refractivity contribution in [3.63, 3.8) is 0 Å². The van der Waals surface area contributed by atoms with E-state index in [0.29, 0.717) is 12.3 Å². The second-order valence-electron chi connectivity index (χ2n) is 6.42. The molecule has 0 aliphatic carbocycles. The second-order valence-corrected chi connectivity index (χ2v) is 6.42. The number of amides is 1. The Hall–Kier alpha value is -1.75. The fraction of sp³-hybridized carbons (Fsp3) is 0.562. The lowest BCUT2D eigenvalue weighted by Crippen LogP contribution is -2.35. The van der Waals surface area contributed by atoms with Gasteiger partial charge in [-0.05, 0) is 56.6 Å². The van der Waals surface area contributed by atoms with Crippen LogP contribution >= 0.6 is 0 Å². The van der Waals surface area contributed by atoms with Gasteiger partial charge in [0.1, 0.15) is 0 Å². The van der Waals surface area contributed by atoms with Gasteiger partial charge < -0.3 is 20.9 Å². The van der Waals surface area contributed by atoms with Gasteiger partial charge in [0.2, 0.25) is 5.91 Å². The number of nitrogens with two attached hydrogens (primary N) is 1. The maximum Gasteiger partial charge on any atom is 0.228 e. The zero-order valence-corrected chi connectivity index (χ0v) is 12.9. The second kappa shape index (κ2) is 5.56. The fourth-order valence-corrected chi connectivity index (χ4v) is 3.34. The highest BCUT2D eigenvalue weighted by Crippen LogP contribution is 2.34. The first kappa shape index (κ1) is 14.2. The van der Waals surface area contributed by atoms with E-state index in [0.717, 1.165) is 29.2 Å².